The summed E-state index contributed by atoms with van der Waals surface area (Å²) >= 11 is 0. The number of esters is 1. The number of carbonyl (C=O) groups is 1. The third-order valence-electron chi connectivity index (χ3n) is 2.22. The third-order valence-corrected chi connectivity index (χ3v) is 2.22. The van der Waals surface area contributed by atoms with E-state index in [0.29, 0.717) is 18.7 Å². The highest BCUT2D eigenvalue weighted by atomic mass is 16.6. The molecular formula is C9H14N2O5. The van der Waals surface area contributed by atoms with Crippen molar-refractivity contribution in [3.63, 3.8) is 0 Å². The molecule has 16 heavy (non-hydrogen) atoms. The highest BCUT2D eigenvalue weighted by molar-refractivity contribution is 5.77. The zero-order valence-corrected chi connectivity index (χ0v) is 8.93. The van der Waals surface area contributed by atoms with Crippen LogP contribution in [0.2, 0.25) is 0 Å². The van der Waals surface area contributed by atoms with E-state index >= 15 is 0 Å². The lowest BCUT2D eigenvalue weighted by Gasteiger charge is -2.09. The Bertz CT molecular complexity index is 318. The SMILES string of the molecule is CCOC(=O)C(O)/C(=C1/CCCN1)[N+](=O)[O-]. The Kier molecular flexibility index (Phi) is 4.24. The Balaban J connectivity index is 2.90. The van der Waals surface area contributed by atoms with Crippen molar-refractivity contribution in [1.82, 2.24) is 5.32 Å². The van der Waals surface area contributed by atoms with Crippen LogP contribution in [-0.4, -0.2) is 35.3 Å². The van der Waals surface area contributed by atoms with E-state index in [2.05, 4.69) is 10.1 Å². The van der Waals surface area contributed by atoms with Crippen molar-refractivity contribution in [3.05, 3.63) is 21.5 Å². The summed E-state index contributed by atoms with van der Waals surface area (Å²) in [5.74, 6) is -0.990. The monoisotopic (exact) mass is 230 g/mol. The summed E-state index contributed by atoms with van der Waals surface area (Å²) in [6.45, 7) is 2.25. The number of hydrogen-bond acceptors (Lipinski definition) is 6. The first kappa shape index (κ1) is 12.4. The Morgan fingerprint density at radius 2 is 2.44 bits per heavy atom. The van der Waals surface area contributed by atoms with Gasteiger partial charge in [-0.15, -0.1) is 0 Å². The molecule has 0 aromatic rings. The van der Waals surface area contributed by atoms with Gasteiger partial charge in [0.1, 0.15) is 0 Å². The van der Waals surface area contributed by atoms with Gasteiger partial charge in [-0.05, 0) is 19.8 Å². The van der Waals surface area contributed by atoms with Crippen molar-refractivity contribution in [2.75, 3.05) is 13.2 Å². The van der Waals surface area contributed by atoms with E-state index < -0.39 is 22.7 Å². The Morgan fingerprint density at radius 1 is 1.75 bits per heavy atom. The molecule has 1 fully saturated rings. The highest BCUT2D eigenvalue weighted by Crippen LogP contribution is 2.18. The average Bonchev–Trinajstić information content (AvgIpc) is 2.71. The van der Waals surface area contributed by atoms with Crippen LogP contribution in [0.4, 0.5) is 0 Å². The second kappa shape index (κ2) is 5.45. The van der Waals surface area contributed by atoms with Crippen molar-refractivity contribution in [3.8, 4) is 0 Å². The van der Waals surface area contributed by atoms with E-state index in [0.717, 1.165) is 6.42 Å². The van der Waals surface area contributed by atoms with Crippen LogP contribution >= 0.6 is 0 Å². The summed E-state index contributed by atoms with van der Waals surface area (Å²) in [6, 6.07) is 0. The Labute approximate surface area is 92.2 Å². The molecule has 0 bridgehead atoms. The number of nitrogens with zero attached hydrogens (tertiary/aromatic N) is 1. The highest BCUT2D eigenvalue weighted by Gasteiger charge is 2.35. The van der Waals surface area contributed by atoms with Crippen LogP contribution in [0.25, 0.3) is 0 Å². The molecular weight excluding hydrogens is 216 g/mol. The molecule has 0 spiro atoms. The fraction of sp³-hybridized carbons (Fsp3) is 0.667. The van der Waals surface area contributed by atoms with E-state index in [-0.39, 0.29) is 6.61 Å². The van der Waals surface area contributed by atoms with Crippen LogP contribution in [0.1, 0.15) is 19.8 Å². The van der Waals surface area contributed by atoms with Gasteiger partial charge in [0.15, 0.2) is 0 Å². The predicted molar refractivity (Wildman–Crippen MR) is 53.9 cm³/mol. The number of carbonyl (C=O) groups excluding carboxylic acids is 1. The smallest absolute Gasteiger partial charge is 0.346 e. The molecule has 0 aromatic heterocycles. The molecule has 1 unspecified atom stereocenters. The van der Waals surface area contributed by atoms with E-state index in [1.165, 1.54) is 0 Å². The maximum absolute atomic E-state index is 11.2. The van der Waals surface area contributed by atoms with Gasteiger partial charge in [-0.1, -0.05) is 0 Å². The zero-order valence-electron chi connectivity index (χ0n) is 8.93. The number of nitrogens with one attached hydrogen (secondary N) is 1. The van der Waals surface area contributed by atoms with E-state index in [1.54, 1.807) is 6.92 Å². The minimum atomic E-state index is -1.82. The van der Waals surface area contributed by atoms with Gasteiger partial charge in [-0.25, -0.2) is 4.79 Å². The number of hydrogen-bond donors (Lipinski definition) is 2. The first-order valence-corrected chi connectivity index (χ1v) is 5.04. The van der Waals surface area contributed by atoms with Crippen LogP contribution in [0.5, 0.6) is 0 Å². The topological polar surface area (TPSA) is 102 Å². The van der Waals surface area contributed by atoms with E-state index in [1.807, 2.05) is 0 Å². The third kappa shape index (κ3) is 2.69. The molecule has 0 radical (unpaired) electrons. The number of aliphatic hydroxyl groups is 1. The lowest BCUT2D eigenvalue weighted by Crippen LogP contribution is -2.31. The van der Waals surface area contributed by atoms with Crippen LogP contribution in [-0.2, 0) is 9.53 Å². The van der Waals surface area contributed by atoms with Gasteiger partial charge >= 0.3 is 11.7 Å². The van der Waals surface area contributed by atoms with Gasteiger partial charge < -0.3 is 15.2 Å². The van der Waals surface area contributed by atoms with Gasteiger partial charge in [-0.3, -0.25) is 10.1 Å². The first-order valence-electron chi connectivity index (χ1n) is 5.04. The summed E-state index contributed by atoms with van der Waals surface area (Å²) in [4.78, 5) is 21.2. The van der Waals surface area contributed by atoms with Crippen LogP contribution < -0.4 is 5.32 Å². The van der Waals surface area contributed by atoms with Crippen molar-refractivity contribution in [1.29, 1.82) is 0 Å². The number of ether oxygens (including phenoxy) is 1. The molecule has 0 amide bonds. The maximum Gasteiger partial charge on any atom is 0.346 e. The molecule has 0 saturated carbocycles. The van der Waals surface area contributed by atoms with Crippen molar-refractivity contribution >= 4 is 5.97 Å². The molecule has 1 rings (SSSR count). The quantitative estimate of drug-likeness (QED) is 0.393. The summed E-state index contributed by atoms with van der Waals surface area (Å²) in [5, 5.41) is 23.1. The molecule has 1 saturated heterocycles. The molecule has 1 atom stereocenters. The molecule has 0 aliphatic carbocycles. The molecule has 1 aliphatic rings. The second-order valence-electron chi connectivity index (χ2n) is 3.31. The van der Waals surface area contributed by atoms with Crippen molar-refractivity contribution in [2.24, 2.45) is 0 Å². The van der Waals surface area contributed by atoms with Gasteiger partial charge in [0.25, 0.3) is 0 Å². The minimum Gasteiger partial charge on any atom is -0.464 e. The molecule has 1 aliphatic heterocycles. The average molecular weight is 230 g/mol. The van der Waals surface area contributed by atoms with Crippen molar-refractivity contribution in [2.45, 2.75) is 25.9 Å². The Hall–Kier alpha value is -1.63. The molecule has 90 valence electrons. The van der Waals surface area contributed by atoms with Gasteiger partial charge in [0, 0.05) is 6.54 Å². The summed E-state index contributed by atoms with van der Waals surface area (Å²) < 4.78 is 4.54. The van der Waals surface area contributed by atoms with E-state index in [9.17, 15) is 20.0 Å². The normalized spacial score (nSPS) is 19.9. The summed E-state index contributed by atoms with van der Waals surface area (Å²) in [6.07, 6.45) is -0.606. The van der Waals surface area contributed by atoms with Gasteiger partial charge in [-0.2, -0.15) is 0 Å². The second-order valence-corrected chi connectivity index (χ2v) is 3.31. The minimum absolute atomic E-state index is 0.0731. The lowest BCUT2D eigenvalue weighted by atomic mass is 10.2. The summed E-state index contributed by atoms with van der Waals surface area (Å²) in [7, 11) is 0. The number of aliphatic hydroxyl groups excluding tert-OH is 1. The fourth-order valence-electron chi connectivity index (χ4n) is 1.52. The summed E-state index contributed by atoms with van der Waals surface area (Å²) in [5.41, 5.74) is -0.193. The molecule has 0 aromatic carbocycles. The maximum atomic E-state index is 11.2. The number of allylic oxidation sites excluding steroid dienone is 1. The van der Waals surface area contributed by atoms with Crippen molar-refractivity contribution < 1.29 is 19.6 Å². The van der Waals surface area contributed by atoms with Gasteiger partial charge in [0.05, 0.1) is 17.2 Å². The van der Waals surface area contributed by atoms with Crippen LogP contribution in [0.15, 0.2) is 11.4 Å². The van der Waals surface area contributed by atoms with Crippen LogP contribution in [0, 0.1) is 10.1 Å². The standard InChI is InChI=1S/C9H14N2O5/c1-2-16-9(13)8(12)7(11(14)15)6-4-3-5-10-6/h8,10,12H,2-5H2,1H3/b7-6+. The number of rotatable bonds is 4. The predicted octanol–water partition coefficient (Wildman–Crippen LogP) is -0.218. The molecule has 1 heterocycles. The lowest BCUT2D eigenvalue weighted by molar-refractivity contribution is -0.436. The Morgan fingerprint density at radius 3 is 2.88 bits per heavy atom. The molecule has 7 nitrogen and oxygen atoms in total. The van der Waals surface area contributed by atoms with Gasteiger partial charge in [0.2, 0.25) is 6.10 Å². The first-order chi connectivity index (χ1) is 7.57. The largest absolute Gasteiger partial charge is 0.464 e. The molecule has 7 heteroatoms. The van der Waals surface area contributed by atoms with E-state index in [4.69, 9.17) is 0 Å². The van der Waals surface area contributed by atoms with Crippen LogP contribution in [0.3, 0.4) is 0 Å². The number of nitro groups is 1. The zero-order chi connectivity index (χ0) is 12.1. The fourth-order valence-corrected chi connectivity index (χ4v) is 1.52. The molecule has 2 N–H and O–H groups in total.